The molecule has 11 heteroatoms. The summed E-state index contributed by atoms with van der Waals surface area (Å²) in [6.45, 7) is 0.0340. The van der Waals surface area contributed by atoms with Gasteiger partial charge in [-0.2, -0.15) is 35.8 Å². The first-order valence-corrected chi connectivity index (χ1v) is 10.9. The van der Waals surface area contributed by atoms with Crippen molar-refractivity contribution in [3.8, 4) is 28.3 Å². The SMILES string of the molecule is Cc1c(-c2ccccc2)cccc1-c1nc2cc(CN[C@H](C(=O)O)[C@H](C)O)c(OC(F)F)cc2o1.S.S. The van der Waals surface area contributed by atoms with Crippen LogP contribution in [0.2, 0.25) is 0 Å². The summed E-state index contributed by atoms with van der Waals surface area (Å²) in [7, 11) is 0. The van der Waals surface area contributed by atoms with Crippen LogP contribution in [0.3, 0.4) is 0 Å². The van der Waals surface area contributed by atoms with Gasteiger partial charge in [0, 0.05) is 23.7 Å². The van der Waals surface area contributed by atoms with E-state index in [0.717, 1.165) is 22.3 Å². The minimum Gasteiger partial charge on any atom is -0.480 e. The number of hydrogen-bond donors (Lipinski definition) is 3. The maximum Gasteiger partial charge on any atom is 0.387 e. The van der Waals surface area contributed by atoms with E-state index in [1.54, 1.807) is 0 Å². The number of aliphatic hydroxyl groups excluding tert-OH is 1. The molecule has 1 aromatic heterocycles. The summed E-state index contributed by atoms with van der Waals surface area (Å²) in [5.74, 6) is -1.13. The molecule has 3 aromatic carbocycles. The molecule has 0 bridgehead atoms. The third-order valence-electron chi connectivity index (χ3n) is 5.70. The highest BCUT2D eigenvalue weighted by Crippen LogP contribution is 2.35. The van der Waals surface area contributed by atoms with Gasteiger partial charge < -0.3 is 19.4 Å². The Kier molecular flexibility index (Phi) is 10.5. The second-order valence-electron chi connectivity index (χ2n) is 8.11. The quantitative estimate of drug-likeness (QED) is 0.262. The molecule has 0 aliphatic rings. The van der Waals surface area contributed by atoms with Gasteiger partial charge in [-0.3, -0.25) is 10.1 Å². The number of carboxylic acid groups (broad SMARTS) is 1. The largest absolute Gasteiger partial charge is 0.480 e. The van der Waals surface area contributed by atoms with Crippen LogP contribution in [0.5, 0.6) is 5.75 Å². The molecule has 0 aliphatic heterocycles. The number of benzene rings is 3. The van der Waals surface area contributed by atoms with Crippen LogP contribution in [0.15, 0.2) is 65.1 Å². The minimum absolute atomic E-state index is 0. The van der Waals surface area contributed by atoms with Gasteiger partial charge in [0.1, 0.15) is 17.3 Å². The molecule has 37 heavy (non-hydrogen) atoms. The van der Waals surface area contributed by atoms with Crippen molar-refractivity contribution in [1.29, 1.82) is 0 Å². The highest BCUT2D eigenvalue weighted by Gasteiger charge is 2.24. The van der Waals surface area contributed by atoms with Gasteiger partial charge in [0.05, 0.1) is 6.10 Å². The average Bonchev–Trinajstić information content (AvgIpc) is 3.21. The first-order valence-electron chi connectivity index (χ1n) is 10.9. The van der Waals surface area contributed by atoms with E-state index in [1.165, 1.54) is 19.1 Å². The van der Waals surface area contributed by atoms with Crippen LogP contribution >= 0.6 is 27.0 Å². The number of aromatic nitrogens is 1. The molecule has 1 heterocycles. The molecule has 0 unspecified atom stereocenters. The van der Waals surface area contributed by atoms with Gasteiger partial charge in [0.25, 0.3) is 0 Å². The number of carboxylic acids is 1. The molecule has 0 aliphatic carbocycles. The van der Waals surface area contributed by atoms with Crippen LogP contribution in [-0.2, 0) is 11.3 Å². The Balaban J connectivity index is 0.00000241. The van der Waals surface area contributed by atoms with E-state index in [9.17, 15) is 23.8 Å². The van der Waals surface area contributed by atoms with Gasteiger partial charge in [-0.25, -0.2) is 4.98 Å². The number of rotatable bonds is 9. The van der Waals surface area contributed by atoms with E-state index in [0.29, 0.717) is 11.4 Å². The molecular formula is C26H28F2N2O5S2. The van der Waals surface area contributed by atoms with Crippen LogP contribution in [0.1, 0.15) is 18.1 Å². The zero-order valence-corrected chi connectivity index (χ0v) is 22.0. The lowest BCUT2D eigenvalue weighted by atomic mass is 9.96. The summed E-state index contributed by atoms with van der Waals surface area (Å²) in [6, 6.07) is 17.1. The molecule has 0 spiro atoms. The Bertz CT molecular complexity index is 1350. The lowest BCUT2D eigenvalue weighted by Crippen LogP contribution is -2.44. The number of halogens is 2. The molecule has 0 amide bonds. The van der Waals surface area contributed by atoms with Crippen molar-refractivity contribution in [2.45, 2.75) is 39.1 Å². The Morgan fingerprint density at radius 3 is 2.38 bits per heavy atom. The Morgan fingerprint density at radius 1 is 1.08 bits per heavy atom. The van der Waals surface area contributed by atoms with Gasteiger partial charge >= 0.3 is 12.6 Å². The van der Waals surface area contributed by atoms with Crippen LogP contribution < -0.4 is 10.1 Å². The van der Waals surface area contributed by atoms with E-state index in [-0.39, 0.29) is 50.4 Å². The van der Waals surface area contributed by atoms with Crippen molar-refractivity contribution < 1.29 is 32.9 Å². The number of oxazole rings is 1. The van der Waals surface area contributed by atoms with Crippen molar-refractivity contribution in [2.75, 3.05) is 0 Å². The first-order chi connectivity index (χ1) is 16.7. The fraction of sp³-hybridized carbons (Fsp3) is 0.231. The summed E-state index contributed by atoms with van der Waals surface area (Å²) in [5.41, 5.74) is 4.63. The predicted molar refractivity (Wildman–Crippen MR) is 147 cm³/mol. The van der Waals surface area contributed by atoms with Gasteiger partial charge in [-0.1, -0.05) is 42.5 Å². The third kappa shape index (κ3) is 6.80. The Hall–Kier alpha value is -3.12. The van der Waals surface area contributed by atoms with Gasteiger partial charge in [0.15, 0.2) is 5.58 Å². The molecule has 198 valence electrons. The standard InChI is InChI=1S/C26H24F2N2O5.2H2S/c1-14-18(16-7-4-3-5-8-16)9-6-10-19(14)24-30-20-11-17(13-29-23(15(2)31)25(32)33)21(35-26(27)28)12-22(20)34-24;;/h3-12,15,23,26,29,31H,13H2,1-2H3,(H,32,33);2*1H2/t15-,23-;;/m0../s1. The molecule has 0 fully saturated rings. The molecule has 2 atom stereocenters. The minimum atomic E-state index is -3.09. The number of fused-ring (bicyclic) bond motifs is 1. The van der Waals surface area contributed by atoms with Crippen LogP contribution in [0.4, 0.5) is 8.78 Å². The summed E-state index contributed by atoms with van der Waals surface area (Å²) < 4.78 is 36.7. The van der Waals surface area contributed by atoms with Gasteiger partial charge in [-0.05, 0) is 42.7 Å². The molecule has 4 aromatic rings. The second kappa shape index (κ2) is 12.9. The number of carbonyl (C=O) groups is 1. The summed E-state index contributed by atoms with van der Waals surface area (Å²) >= 11 is 0. The lowest BCUT2D eigenvalue weighted by molar-refractivity contribution is -0.142. The molecule has 3 N–H and O–H groups in total. The lowest BCUT2D eigenvalue weighted by Gasteiger charge is -2.18. The van der Waals surface area contributed by atoms with Crippen molar-refractivity contribution in [3.63, 3.8) is 0 Å². The second-order valence-corrected chi connectivity index (χ2v) is 8.11. The van der Waals surface area contributed by atoms with Crippen molar-refractivity contribution in [2.24, 2.45) is 0 Å². The monoisotopic (exact) mass is 550 g/mol. The first kappa shape index (κ1) is 30.1. The Labute approximate surface area is 226 Å². The number of nitrogens with one attached hydrogen (secondary N) is 1. The highest BCUT2D eigenvalue weighted by molar-refractivity contribution is 7.59. The van der Waals surface area contributed by atoms with E-state index >= 15 is 0 Å². The molecule has 0 saturated heterocycles. The number of nitrogens with zero attached hydrogens (tertiary/aromatic N) is 1. The van der Waals surface area contributed by atoms with Crippen molar-refractivity contribution >= 4 is 44.1 Å². The van der Waals surface area contributed by atoms with E-state index in [4.69, 9.17) is 4.42 Å². The van der Waals surface area contributed by atoms with E-state index in [1.807, 2.05) is 55.5 Å². The average molecular weight is 551 g/mol. The summed E-state index contributed by atoms with van der Waals surface area (Å²) in [5, 5.41) is 21.6. The van der Waals surface area contributed by atoms with Gasteiger partial charge in [0.2, 0.25) is 5.89 Å². The molecule has 0 radical (unpaired) electrons. The fourth-order valence-corrected chi connectivity index (χ4v) is 3.94. The normalized spacial score (nSPS) is 12.5. The highest BCUT2D eigenvalue weighted by atomic mass is 32.1. The zero-order chi connectivity index (χ0) is 25.1. The smallest absolute Gasteiger partial charge is 0.387 e. The van der Waals surface area contributed by atoms with Crippen LogP contribution in [0, 0.1) is 6.92 Å². The van der Waals surface area contributed by atoms with E-state index < -0.39 is 24.7 Å². The molecule has 0 saturated carbocycles. The maximum absolute atomic E-state index is 13.1. The Morgan fingerprint density at radius 2 is 1.76 bits per heavy atom. The van der Waals surface area contributed by atoms with Crippen molar-refractivity contribution in [3.05, 3.63) is 71.8 Å². The number of ether oxygens (including phenoxy) is 1. The number of alkyl halides is 2. The summed E-state index contributed by atoms with van der Waals surface area (Å²) in [4.78, 5) is 15.9. The number of aliphatic carboxylic acids is 1. The number of hydrogen-bond acceptors (Lipinski definition) is 6. The molecule has 7 nitrogen and oxygen atoms in total. The fourth-order valence-electron chi connectivity index (χ4n) is 3.94. The van der Waals surface area contributed by atoms with Crippen LogP contribution in [-0.4, -0.2) is 39.9 Å². The predicted octanol–water partition coefficient (Wildman–Crippen LogP) is 5.22. The van der Waals surface area contributed by atoms with Gasteiger partial charge in [-0.15, -0.1) is 0 Å². The maximum atomic E-state index is 13.1. The van der Waals surface area contributed by atoms with Crippen LogP contribution in [0.25, 0.3) is 33.7 Å². The molecular weight excluding hydrogens is 522 g/mol. The zero-order valence-electron chi connectivity index (χ0n) is 20.0. The number of aliphatic hydroxyl groups is 1. The summed E-state index contributed by atoms with van der Waals surface area (Å²) in [6.07, 6.45) is -1.20. The molecule has 4 rings (SSSR count). The third-order valence-corrected chi connectivity index (χ3v) is 5.70. The van der Waals surface area contributed by atoms with E-state index in [2.05, 4.69) is 15.0 Å². The topological polar surface area (TPSA) is 105 Å². The van der Waals surface area contributed by atoms with Crippen molar-refractivity contribution in [1.82, 2.24) is 10.3 Å².